The van der Waals surface area contributed by atoms with E-state index in [2.05, 4.69) is 37.2 Å². The summed E-state index contributed by atoms with van der Waals surface area (Å²) in [7, 11) is 0. The monoisotopic (exact) mass is 593 g/mol. The number of anilines is 1. The molecule has 0 aliphatic carbocycles. The molecule has 0 aliphatic heterocycles. The second kappa shape index (κ2) is 12.5. The summed E-state index contributed by atoms with van der Waals surface area (Å²) in [5.74, 6) is 1.28. The van der Waals surface area contributed by atoms with E-state index in [1.165, 1.54) is 11.3 Å². The summed E-state index contributed by atoms with van der Waals surface area (Å²) in [6, 6.07) is 35.5. The number of halogens is 1. The predicted molar refractivity (Wildman–Crippen MR) is 167 cm³/mol. The minimum Gasteiger partial charge on any atom is -0.298 e. The Bertz CT molecular complexity index is 1770. The number of nitrogens with zero attached hydrogens (tertiary/aromatic N) is 4. The molecule has 0 atom stereocenters. The Kier molecular flexibility index (Phi) is 8.23. The quantitative estimate of drug-likeness (QED) is 0.171. The van der Waals surface area contributed by atoms with Gasteiger partial charge in [-0.25, -0.2) is 4.98 Å². The second-order valence-corrected chi connectivity index (χ2v) is 11.6. The van der Waals surface area contributed by atoms with Crippen LogP contribution in [0.2, 0.25) is 5.02 Å². The van der Waals surface area contributed by atoms with Gasteiger partial charge in [0.1, 0.15) is 0 Å². The van der Waals surface area contributed by atoms with Gasteiger partial charge in [-0.2, -0.15) is 0 Å². The molecule has 2 heterocycles. The van der Waals surface area contributed by atoms with Gasteiger partial charge in [-0.05, 0) is 41.5 Å². The molecule has 0 bridgehead atoms. The Hall–Kier alpha value is -4.24. The van der Waals surface area contributed by atoms with Crippen LogP contribution in [0.25, 0.3) is 17.1 Å². The van der Waals surface area contributed by atoms with E-state index >= 15 is 0 Å². The lowest BCUT2D eigenvalue weighted by Crippen LogP contribution is -2.11. The maximum atomic E-state index is 12.9. The molecule has 0 aliphatic rings. The van der Waals surface area contributed by atoms with Gasteiger partial charge in [-0.15, -0.1) is 21.5 Å². The highest BCUT2D eigenvalue weighted by molar-refractivity contribution is 7.98. The zero-order valence-electron chi connectivity index (χ0n) is 21.8. The molecule has 0 saturated carbocycles. The van der Waals surface area contributed by atoms with E-state index in [9.17, 15) is 4.79 Å². The summed E-state index contributed by atoms with van der Waals surface area (Å²) in [6.45, 7) is 0. The number of hydrogen-bond acceptors (Lipinski definition) is 6. The first-order valence-electron chi connectivity index (χ1n) is 12.9. The van der Waals surface area contributed by atoms with Gasteiger partial charge in [-0.3, -0.25) is 14.7 Å². The number of benzene rings is 4. The van der Waals surface area contributed by atoms with Crippen LogP contribution >= 0.6 is 34.7 Å². The van der Waals surface area contributed by atoms with Crippen LogP contribution in [0.4, 0.5) is 5.13 Å². The van der Waals surface area contributed by atoms with E-state index in [1.54, 1.807) is 18.0 Å². The van der Waals surface area contributed by atoms with Gasteiger partial charge < -0.3 is 0 Å². The van der Waals surface area contributed by atoms with Crippen LogP contribution in [0.5, 0.6) is 0 Å². The van der Waals surface area contributed by atoms with Crippen LogP contribution in [-0.2, 0) is 12.2 Å². The lowest BCUT2D eigenvalue weighted by Gasteiger charge is -2.10. The van der Waals surface area contributed by atoms with Gasteiger partial charge in [0.2, 0.25) is 0 Å². The molecular formula is C32H24ClN5OS2. The molecule has 4 aromatic carbocycles. The third-order valence-electron chi connectivity index (χ3n) is 6.36. The van der Waals surface area contributed by atoms with E-state index in [0.717, 1.165) is 43.3 Å². The number of thioether (sulfide) groups is 1. The molecule has 0 saturated heterocycles. The molecule has 0 spiro atoms. The largest absolute Gasteiger partial charge is 0.298 e. The Morgan fingerprint density at radius 1 is 0.854 bits per heavy atom. The molecular weight excluding hydrogens is 570 g/mol. The van der Waals surface area contributed by atoms with E-state index in [0.29, 0.717) is 22.9 Å². The number of carbonyl (C=O) groups excluding carboxylic acids is 1. The van der Waals surface area contributed by atoms with E-state index in [1.807, 2.05) is 97.1 Å². The number of rotatable bonds is 9. The number of thiazole rings is 1. The van der Waals surface area contributed by atoms with E-state index in [4.69, 9.17) is 11.6 Å². The van der Waals surface area contributed by atoms with Gasteiger partial charge >= 0.3 is 0 Å². The SMILES string of the molecule is O=C(Nc1ncc(Cc2ccccc2Cl)s1)c1ccc(CSc2nnc(-c3ccccc3)n2-c2ccccc2)cc1. The highest BCUT2D eigenvalue weighted by atomic mass is 35.5. The molecule has 2 aromatic heterocycles. The topological polar surface area (TPSA) is 72.7 Å². The average molecular weight is 594 g/mol. The fraction of sp³-hybridized carbons (Fsp3) is 0.0625. The number of nitrogens with one attached hydrogen (secondary N) is 1. The highest BCUT2D eigenvalue weighted by Gasteiger charge is 2.16. The first kappa shape index (κ1) is 27.0. The Morgan fingerprint density at radius 3 is 2.32 bits per heavy atom. The minimum atomic E-state index is -0.195. The number of aromatic nitrogens is 4. The number of hydrogen-bond donors (Lipinski definition) is 1. The molecule has 6 nitrogen and oxygen atoms in total. The minimum absolute atomic E-state index is 0.195. The second-order valence-electron chi connectivity index (χ2n) is 9.18. The molecule has 0 unspecified atom stereocenters. The molecule has 1 amide bonds. The van der Waals surface area contributed by atoms with Crippen molar-refractivity contribution >= 4 is 45.7 Å². The molecule has 1 N–H and O–H groups in total. The number of carbonyl (C=O) groups is 1. The lowest BCUT2D eigenvalue weighted by molar-refractivity contribution is 0.102. The first-order valence-corrected chi connectivity index (χ1v) is 15.1. The van der Waals surface area contributed by atoms with Crippen molar-refractivity contribution in [3.8, 4) is 17.1 Å². The summed E-state index contributed by atoms with van der Waals surface area (Å²) in [5, 5.41) is 14.0. The normalized spacial score (nSPS) is 11.0. The third-order valence-corrected chi connectivity index (χ3v) is 8.64. The van der Waals surface area contributed by atoms with Crippen LogP contribution < -0.4 is 5.32 Å². The summed E-state index contributed by atoms with van der Waals surface area (Å²) in [5.41, 5.74) is 4.68. The van der Waals surface area contributed by atoms with E-state index in [-0.39, 0.29) is 5.91 Å². The van der Waals surface area contributed by atoms with Crippen molar-refractivity contribution in [3.05, 3.63) is 142 Å². The fourth-order valence-corrected chi connectivity index (χ4v) is 6.23. The van der Waals surface area contributed by atoms with Crippen molar-refractivity contribution < 1.29 is 4.79 Å². The van der Waals surface area contributed by atoms with Crippen molar-refractivity contribution in [1.82, 2.24) is 19.7 Å². The van der Waals surface area contributed by atoms with E-state index < -0.39 is 0 Å². The van der Waals surface area contributed by atoms with Gasteiger partial charge in [-0.1, -0.05) is 102 Å². The van der Waals surface area contributed by atoms with Crippen molar-refractivity contribution in [1.29, 1.82) is 0 Å². The Morgan fingerprint density at radius 2 is 1.56 bits per heavy atom. The van der Waals surface area contributed by atoms with Gasteiger partial charge in [0.05, 0.1) is 0 Å². The molecule has 41 heavy (non-hydrogen) atoms. The molecule has 0 radical (unpaired) electrons. The maximum absolute atomic E-state index is 12.9. The van der Waals surface area contributed by atoms with Crippen LogP contribution in [0.3, 0.4) is 0 Å². The summed E-state index contributed by atoms with van der Waals surface area (Å²) >= 11 is 9.33. The highest BCUT2D eigenvalue weighted by Crippen LogP contribution is 2.30. The first-order chi connectivity index (χ1) is 20.1. The molecule has 0 fully saturated rings. The molecule has 6 rings (SSSR count). The van der Waals surface area contributed by atoms with Crippen molar-refractivity contribution in [2.45, 2.75) is 17.3 Å². The Labute approximate surface area is 251 Å². The van der Waals surface area contributed by atoms with Crippen LogP contribution in [0.15, 0.2) is 121 Å². The molecule has 202 valence electrons. The van der Waals surface area contributed by atoms with Crippen molar-refractivity contribution in [2.24, 2.45) is 0 Å². The standard InChI is InChI=1S/C32H24ClN5OS2/c33-28-14-8-7-11-25(28)19-27-20-34-31(41-27)35-30(39)24-17-15-22(16-18-24)21-40-32-37-36-29(23-9-3-1-4-10-23)38(32)26-12-5-2-6-13-26/h1-18,20H,19,21H2,(H,34,35,39). The van der Waals surface area contributed by atoms with Crippen molar-refractivity contribution in [3.63, 3.8) is 0 Å². The summed E-state index contributed by atoms with van der Waals surface area (Å²) < 4.78 is 2.08. The molecule has 6 aromatic rings. The predicted octanol–water partition coefficient (Wildman–Crippen LogP) is 8.18. The lowest BCUT2D eigenvalue weighted by atomic mass is 10.1. The van der Waals surface area contributed by atoms with Crippen LogP contribution in [-0.4, -0.2) is 25.7 Å². The number of amides is 1. The maximum Gasteiger partial charge on any atom is 0.257 e. The van der Waals surface area contributed by atoms with Gasteiger partial charge in [0, 0.05) is 45.1 Å². The third kappa shape index (κ3) is 6.41. The summed E-state index contributed by atoms with van der Waals surface area (Å²) in [6.07, 6.45) is 2.45. The van der Waals surface area contributed by atoms with Gasteiger partial charge in [0.15, 0.2) is 16.1 Å². The zero-order valence-corrected chi connectivity index (χ0v) is 24.2. The number of para-hydroxylation sites is 1. The van der Waals surface area contributed by atoms with Crippen LogP contribution in [0.1, 0.15) is 26.4 Å². The fourth-order valence-electron chi connectivity index (χ4n) is 4.29. The van der Waals surface area contributed by atoms with Crippen molar-refractivity contribution in [2.75, 3.05) is 5.32 Å². The average Bonchev–Trinajstić information content (AvgIpc) is 3.65. The van der Waals surface area contributed by atoms with Gasteiger partial charge in [0.25, 0.3) is 5.91 Å². The van der Waals surface area contributed by atoms with Crippen LogP contribution in [0, 0.1) is 0 Å². The summed E-state index contributed by atoms with van der Waals surface area (Å²) in [4.78, 5) is 18.3. The smallest absolute Gasteiger partial charge is 0.257 e. The molecule has 9 heteroatoms. The zero-order chi connectivity index (χ0) is 28.0. The Balaban J connectivity index is 1.12.